The van der Waals surface area contributed by atoms with Gasteiger partial charge in [-0.1, -0.05) is 0 Å². The van der Waals surface area contributed by atoms with Crippen molar-refractivity contribution in [3.8, 4) is 0 Å². The monoisotopic (exact) mass is 631 g/mol. The molecular weight excluding hydrogens is 589 g/mol. The Kier molecular flexibility index (Phi) is 9.13. The Balaban J connectivity index is 0.00000357. The first kappa shape index (κ1) is 31.5. The minimum atomic E-state index is -0.345. The number of aromatic nitrogens is 3. The van der Waals surface area contributed by atoms with Gasteiger partial charge in [-0.05, 0) is 87.9 Å². The second kappa shape index (κ2) is 13.1. The number of aryl methyl sites for hydroxylation is 2. The molecule has 1 aromatic carbocycles. The Labute approximate surface area is 270 Å². The van der Waals surface area contributed by atoms with E-state index in [9.17, 15) is 4.79 Å². The van der Waals surface area contributed by atoms with E-state index in [-0.39, 0.29) is 35.7 Å². The zero-order chi connectivity index (χ0) is 30.4. The summed E-state index contributed by atoms with van der Waals surface area (Å²) in [6, 6.07) is 12.4. The zero-order valence-corrected chi connectivity index (χ0v) is 27.0. The summed E-state index contributed by atoms with van der Waals surface area (Å²) in [5.41, 5.74) is 12.5. The molecule has 1 aliphatic carbocycles. The predicted molar refractivity (Wildman–Crippen MR) is 181 cm³/mol. The molecule has 45 heavy (non-hydrogen) atoms. The lowest BCUT2D eigenvalue weighted by atomic mass is 10.0. The molecule has 7 rings (SSSR count). The highest BCUT2D eigenvalue weighted by molar-refractivity contribution is 5.85. The molecule has 5 heterocycles. The number of anilines is 2. The fraction of sp³-hybridized carbons (Fsp3) is 0.457. The molecule has 0 radical (unpaired) electrons. The maximum Gasteiger partial charge on any atom is 0.193 e. The Morgan fingerprint density at radius 1 is 0.956 bits per heavy atom. The topological polar surface area (TPSA) is 83.5 Å². The summed E-state index contributed by atoms with van der Waals surface area (Å²) >= 11 is 0. The highest BCUT2D eigenvalue weighted by Crippen LogP contribution is 2.38. The van der Waals surface area contributed by atoms with Crippen LogP contribution in [0.2, 0.25) is 0 Å². The molecular formula is C35H43ClFN7O. The summed E-state index contributed by atoms with van der Waals surface area (Å²) in [6.07, 6.45) is 11.0. The fourth-order valence-electron chi connectivity index (χ4n) is 7.04. The number of pyridine rings is 3. The van der Waals surface area contributed by atoms with Crippen molar-refractivity contribution in [1.82, 2.24) is 19.4 Å². The molecule has 238 valence electrons. The highest BCUT2D eigenvalue weighted by atomic mass is 35.5. The second-order valence-electron chi connectivity index (χ2n) is 13.0. The first-order valence-electron chi connectivity index (χ1n) is 16.0. The van der Waals surface area contributed by atoms with E-state index in [4.69, 9.17) is 5.73 Å². The maximum atomic E-state index is 15.6. The summed E-state index contributed by atoms with van der Waals surface area (Å²) in [7, 11) is 0. The van der Waals surface area contributed by atoms with Gasteiger partial charge < -0.3 is 20.1 Å². The van der Waals surface area contributed by atoms with Crippen LogP contribution in [0.3, 0.4) is 0 Å². The molecule has 0 bridgehead atoms. The first-order valence-corrected chi connectivity index (χ1v) is 16.0. The minimum absolute atomic E-state index is 0. The molecule has 2 saturated heterocycles. The molecule has 1 saturated carbocycles. The highest BCUT2D eigenvalue weighted by Gasteiger charge is 2.30. The molecule has 0 amide bonds. The minimum Gasteiger partial charge on any atom is -0.369 e. The van der Waals surface area contributed by atoms with Crippen LogP contribution in [0.4, 0.5) is 15.8 Å². The fourth-order valence-corrected chi connectivity index (χ4v) is 7.04. The van der Waals surface area contributed by atoms with E-state index < -0.39 is 0 Å². The van der Waals surface area contributed by atoms with Gasteiger partial charge in [0, 0.05) is 92.1 Å². The number of piperidine rings is 1. The van der Waals surface area contributed by atoms with Crippen molar-refractivity contribution in [3.05, 3.63) is 93.5 Å². The molecule has 2 N–H and O–H groups in total. The molecule has 10 heteroatoms. The summed E-state index contributed by atoms with van der Waals surface area (Å²) < 4.78 is 17.8. The summed E-state index contributed by atoms with van der Waals surface area (Å²) in [6.45, 7) is 8.43. The Hall–Kier alpha value is -3.53. The third-order valence-electron chi connectivity index (χ3n) is 9.57. The average Bonchev–Trinajstić information content (AvgIpc) is 3.78. The van der Waals surface area contributed by atoms with E-state index in [0.717, 1.165) is 79.9 Å². The normalized spacial score (nSPS) is 20.2. The Morgan fingerprint density at radius 2 is 1.80 bits per heavy atom. The van der Waals surface area contributed by atoms with Crippen molar-refractivity contribution in [2.75, 3.05) is 36.0 Å². The standard InChI is InChI=1S/C35H42FN7O.ClH/c1-23-5-6-29(17-39-23)40-12-3-4-30(22-40)42(18-25-9-11-38-24(2)14-25)19-26-20-43(28-7-8-28)33-16-34(41-13-10-27(37)21-41)32(36)15-31(33)35(26)44;/h5-6,9,11,14-17,20,27-28,30H,3-4,7-8,10,12-13,18-19,21-22,37H2,1-2H3;1H/t27-,30-;/m0./s1. The van der Waals surface area contributed by atoms with Gasteiger partial charge >= 0.3 is 0 Å². The summed E-state index contributed by atoms with van der Waals surface area (Å²) in [5, 5.41) is 0.467. The average molecular weight is 632 g/mol. The lowest BCUT2D eigenvalue weighted by molar-refractivity contribution is 0.158. The Bertz CT molecular complexity index is 1720. The van der Waals surface area contributed by atoms with E-state index in [1.54, 1.807) is 0 Å². The largest absolute Gasteiger partial charge is 0.369 e. The van der Waals surface area contributed by atoms with Crippen molar-refractivity contribution in [2.45, 2.75) is 77.2 Å². The van der Waals surface area contributed by atoms with Crippen LogP contribution in [0.25, 0.3) is 10.9 Å². The second-order valence-corrected chi connectivity index (χ2v) is 13.0. The van der Waals surface area contributed by atoms with E-state index in [0.29, 0.717) is 36.7 Å². The SMILES string of the molecule is Cc1ccc(N2CCC[C@H](N(Cc3ccnc(C)c3)Cc3cn(C4CC4)c4cc(N5CC[C@H](N)C5)c(F)cc4c3=O)C2)cn1.Cl. The number of hydrogen-bond acceptors (Lipinski definition) is 7. The number of halogens is 2. The molecule has 2 atom stereocenters. The molecule has 3 aromatic heterocycles. The number of fused-ring (bicyclic) bond motifs is 1. The lowest BCUT2D eigenvalue weighted by Gasteiger charge is -2.40. The summed E-state index contributed by atoms with van der Waals surface area (Å²) in [4.78, 5) is 30.0. The van der Waals surface area contributed by atoms with Crippen LogP contribution in [0.5, 0.6) is 0 Å². The summed E-state index contributed by atoms with van der Waals surface area (Å²) in [5.74, 6) is -0.345. The molecule has 8 nitrogen and oxygen atoms in total. The van der Waals surface area contributed by atoms with Crippen LogP contribution >= 0.6 is 12.4 Å². The number of hydrogen-bond donors (Lipinski definition) is 1. The van der Waals surface area contributed by atoms with Crippen molar-refractivity contribution in [2.24, 2.45) is 5.73 Å². The number of benzene rings is 1. The zero-order valence-electron chi connectivity index (χ0n) is 26.2. The van der Waals surface area contributed by atoms with Gasteiger partial charge in [0.2, 0.25) is 0 Å². The smallest absolute Gasteiger partial charge is 0.193 e. The van der Waals surface area contributed by atoms with Gasteiger partial charge in [-0.25, -0.2) is 4.39 Å². The van der Waals surface area contributed by atoms with Crippen LogP contribution in [0.15, 0.2) is 59.8 Å². The van der Waals surface area contributed by atoms with Gasteiger partial charge in [0.1, 0.15) is 5.82 Å². The molecule has 0 spiro atoms. The Morgan fingerprint density at radius 3 is 2.51 bits per heavy atom. The number of rotatable bonds is 8. The molecule has 4 aromatic rings. The van der Waals surface area contributed by atoms with E-state index >= 15 is 4.39 Å². The van der Waals surface area contributed by atoms with Crippen LogP contribution in [-0.4, -0.2) is 57.7 Å². The third kappa shape index (κ3) is 6.71. The first-order chi connectivity index (χ1) is 21.3. The molecule has 3 aliphatic rings. The quantitative estimate of drug-likeness (QED) is 0.274. The van der Waals surface area contributed by atoms with Crippen LogP contribution in [-0.2, 0) is 13.1 Å². The maximum absolute atomic E-state index is 15.6. The third-order valence-corrected chi connectivity index (χ3v) is 9.57. The van der Waals surface area contributed by atoms with Gasteiger partial charge in [0.15, 0.2) is 5.43 Å². The van der Waals surface area contributed by atoms with Crippen molar-refractivity contribution in [1.29, 1.82) is 0 Å². The molecule has 0 unspecified atom stereocenters. The van der Waals surface area contributed by atoms with Gasteiger partial charge in [-0.3, -0.25) is 19.7 Å². The van der Waals surface area contributed by atoms with Gasteiger partial charge in [0.25, 0.3) is 0 Å². The van der Waals surface area contributed by atoms with Crippen LogP contribution in [0.1, 0.15) is 60.7 Å². The molecule has 2 aliphatic heterocycles. The lowest BCUT2D eigenvalue weighted by Crippen LogP contribution is -2.48. The van der Waals surface area contributed by atoms with Gasteiger partial charge in [-0.2, -0.15) is 0 Å². The van der Waals surface area contributed by atoms with Gasteiger partial charge in [-0.15, -0.1) is 12.4 Å². The van der Waals surface area contributed by atoms with Crippen molar-refractivity contribution >= 4 is 34.7 Å². The van der Waals surface area contributed by atoms with Crippen LogP contribution < -0.4 is 21.0 Å². The van der Waals surface area contributed by atoms with E-state index in [1.165, 1.54) is 11.6 Å². The van der Waals surface area contributed by atoms with Crippen molar-refractivity contribution < 1.29 is 4.39 Å². The predicted octanol–water partition coefficient (Wildman–Crippen LogP) is 5.51. The van der Waals surface area contributed by atoms with E-state index in [2.05, 4.69) is 54.8 Å². The van der Waals surface area contributed by atoms with Gasteiger partial charge in [0.05, 0.1) is 23.1 Å². The molecule has 3 fully saturated rings. The van der Waals surface area contributed by atoms with Crippen LogP contribution in [0, 0.1) is 19.7 Å². The van der Waals surface area contributed by atoms with E-state index in [1.807, 2.05) is 37.2 Å². The number of nitrogens with zero attached hydrogens (tertiary/aromatic N) is 6. The number of nitrogens with two attached hydrogens (primary N) is 1. The van der Waals surface area contributed by atoms with Crippen molar-refractivity contribution in [3.63, 3.8) is 0 Å².